The number of rotatable bonds is 47. The molecular weight excluding hydrogens is 819 g/mol. The first-order valence-corrected chi connectivity index (χ1v) is 23.8. The number of aliphatic hydroxyl groups excluding tert-OH is 1. The molecular formula is C45H85N5O13. The van der Waals surface area contributed by atoms with Crippen LogP contribution in [0.5, 0.6) is 0 Å². The summed E-state index contributed by atoms with van der Waals surface area (Å²) in [6.07, 6.45) is 21.2. The summed E-state index contributed by atoms with van der Waals surface area (Å²) in [5.41, 5.74) is 0. The van der Waals surface area contributed by atoms with Crippen molar-refractivity contribution in [2.75, 3.05) is 72.5 Å². The zero-order valence-electron chi connectivity index (χ0n) is 38.7. The third kappa shape index (κ3) is 41.1. The summed E-state index contributed by atoms with van der Waals surface area (Å²) in [4.78, 5) is 71.7. The SMILES string of the molecule is CCCCCCCCCCCCCCCCCCC(=O)N[C@@H](CCC(=O)NCCOCCOCC(=O)NCCOCCOCC(=O)N[C@@H](CCC(O)NCCCC)C(=O)O)C(=O)O. The maximum absolute atomic E-state index is 12.3. The molecule has 368 valence electrons. The number of carbonyl (C=O) groups is 6. The van der Waals surface area contributed by atoms with Crippen LogP contribution in [-0.2, 0) is 47.7 Å². The lowest BCUT2D eigenvalue weighted by molar-refractivity contribution is -0.143. The third-order valence-corrected chi connectivity index (χ3v) is 10.2. The number of carboxylic acid groups (broad SMARTS) is 2. The molecule has 0 aliphatic rings. The van der Waals surface area contributed by atoms with Crippen LogP contribution in [0.3, 0.4) is 0 Å². The molecule has 18 heteroatoms. The smallest absolute Gasteiger partial charge is 0.326 e. The van der Waals surface area contributed by atoms with Gasteiger partial charge in [0.05, 0.1) is 39.6 Å². The number of carboxylic acids is 2. The van der Waals surface area contributed by atoms with Crippen LogP contribution in [0.2, 0.25) is 0 Å². The molecule has 0 aromatic rings. The van der Waals surface area contributed by atoms with Crippen LogP contribution in [0.1, 0.15) is 162 Å². The highest BCUT2D eigenvalue weighted by Crippen LogP contribution is 2.14. The maximum Gasteiger partial charge on any atom is 0.326 e. The second-order valence-electron chi connectivity index (χ2n) is 15.9. The lowest BCUT2D eigenvalue weighted by atomic mass is 10.0. The molecule has 0 saturated carbocycles. The van der Waals surface area contributed by atoms with E-state index in [9.17, 15) is 44.1 Å². The molecule has 0 bridgehead atoms. The number of aliphatic carboxylic acids is 2. The average molecular weight is 904 g/mol. The third-order valence-electron chi connectivity index (χ3n) is 10.2. The molecule has 8 N–H and O–H groups in total. The highest BCUT2D eigenvalue weighted by atomic mass is 16.5. The Kier molecular flexibility index (Phi) is 41.4. The van der Waals surface area contributed by atoms with Crippen molar-refractivity contribution in [3.63, 3.8) is 0 Å². The normalized spacial score (nSPS) is 12.6. The molecule has 0 spiro atoms. The molecule has 63 heavy (non-hydrogen) atoms. The second kappa shape index (κ2) is 43.8. The largest absolute Gasteiger partial charge is 0.480 e. The van der Waals surface area contributed by atoms with Crippen LogP contribution in [0, 0.1) is 0 Å². The van der Waals surface area contributed by atoms with E-state index < -0.39 is 36.2 Å². The van der Waals surface area contributed by atoms with Gasteiger partial charge < -0.3 is 55.5 Å². The van der Waals surface area contributed by atoms with E-state index >= 15 is 0 Å². The minimum absolute atomic E-state index is 0.0206. The maximum atomic E-state index is 12.3. The number of hydrogen-bond donors (Lipinski definition) is 8. The van der Waals surface area contributed by atoms with Crippen molar-refractivity contribution in [1.29, 1.82) is 0 Å². The van der Waals surface area contributed by atoms with Crippen molar-refractivity contribution in [3.05, 3.63) is 0 Å². The van der Waals surface area contributed by atoms with Crippen molar-refractivity contribution >= 4 is 35.6 Å². The number of ether oxygens (including phenoxy) is 4. The van der Waals surface area contributed by atoms with Gasteiger partial charge in [-0.15, -0.1) is 0 Å². The van der Waals surface area contributed by atoms with E-state index in [0.717, 1.165) is 32.1 Å². The zero-order chi connectivity index (χ0) is 46.6. The number of amides is 4. The predicted octanol–water partition coefficient (Wildman–Crippen LogP) is 4.34. The molecule has 0 aromatic carbocycles. The summed E-state index contributed by atoms with van der Waals surface area (Å²) < 4.78 is 21.2. The monoisotopic (exact) mass is 904 g/mol. The summed E-state index contributed by atoms with van der Waals surface area (Å²) in [5.74, 6) is -4.00. The molecule has 3 atom stereocenters. The van der Waals surface area contributed by atoms with Crippen LogP contribution in [-0.4, -0.2) is 142 Å². The van der Waals surface area contributed by atoms with Crippen LogP contribution in [0.25, 0.3) is 0 Å². The fourth-order valence-electron chi connectivity index (χ4n) is 6.43. The van der Waals surface area contributed by atoms with E-state index in [2.05, 4.69) is 33.5 Å². The Labute approximate surface area is 376 Å². The fraction of sp³-hybridized carbons (Fsp3) is 0.867. The molecule has 18 nitrogen and oxygen atoms in total. The van der Waals surface area contributed by atoms with E-state index in [-0.39, 0.29) is 116 Å². The minimum atomic E-state index is -1.20. The number of nitrogens with one attached hydrogen (secondary N) is 5. The Morgan fingerprint density at radius 3 is 1.37 bits per heavy atom. The van der Waals surface area contributed by atoms with E-state index in [1.54, 1.807) is 0 Å². The lowest BCUT2D eigenvalue weighted by Crippen LogP contribution is -2.43. The van der Waals surface area contributed by atoms with Gasteiger partial charge in [-0.1, -0.05) is 117 Å². The lowest BCUT2D eigenvalue weighted by Gasteiger charge is -2.17. The first kappa shape index (κ1) is 59.6. The van der Waals surface area contributed by atoms with E-state index in [1.165, 1.54) is 77.0 Å². The Morgan fingerprint density at radius 1 is 0.429 bits per heavy atom. The van der Waals surface area contributed by atoms with Crippen molar-refractivity contribution in [2.24, 2.45) is 0 Å². The second-order valence-corrected chi connectivity index (χ2v) is 15.9. The molecule has 0 aliphatic heterocycles. The molecule has 0 aromatic heterocycles. The zero-order valence-corrected chi connectivity index (χ0v) is 38.7. The first-order chi connectivity index (χ1) is 30.5. The van der Waals surface area contributed by atoms with E-state index in [0.29, 0.717) is 13.0 Å². The van der Waals surface area contributed by atoms with Gasteiger partial charge in [0, 0.05) is 25.9 Å². The van der Waals surface area contributed by atoms with Crippen molar-refractivity contribution in [1.82, 2.24) is 26.6 Å². The van der Waals surface area contributed by atoms with Crippen LogP contribution in [0.15, 0.2) is 0 Å². The molecule has 0 aliphatic carbocycles. The summed E-state index contributed by atoms with van der Waals surface area (Å²) >= 11 is 0. The first-order valence-electron chi connectivity index (χ1n) is 23.8. The topological polar surface area (TPSA) is 260 Å². The van der Waals surface area contributed by atoms with Gasteiger partial charge in [-0.25, -0.2) is 9.59 Å². The standard InChI is InChI=1S/C45H85N5O13/c1-3-5-7-8-9-10-11-12-13-14-15-16-17-18-19-20-21-41(53)49-37(44(56)57)22-25-40(52)47-27-29-60-31-33-62-35-42(54)48-28-30-61-32-34-63-36-43(55)50-38(45(58)59)23-24-39(51)46-26-6-4-2/h37-39,46,51H,3-36H2,1-2H3,(H,47,52)(H,48,54)(H,49,53)(H,50,55)(H,56,57)(H,58,59)/t37-,38-,39?/m0/s1. The number of carbonyl (C=O) groups excluding carboxylic acids is 4. The quantitative estimate of drug-likeness (QED) is 0.0312. The molecule has 4 amide bonds. The predicted molar refractivity (Wildman–Crippen MR) is 240 cm³/mol. The highest BCUT2D eigenvalue weighted by Gasteiger charge is 2.22. The van der Waals surface area contributed by atoms with Crippen LogP contribution < -0.4 is 26.6 Å². The Morgan fingerprint density at radius 2 is 0.857 bits per heavy atom. The number of aliphatic hydroxyl groups is 1. The summed E-state index contributed by atoms with van der Waals surface area (Å²) in [7, 11) is 0. The Balaban J connectivity index is 3.75. The summed E-state index contributed by atoms with van der Waals surface area (Å²) in [6, 6.07) is -2.28. The van der Waals surface area contributed by atoms with Crippen molar-refractivity contribution in [2.45, 2.75) is 180 Å². The van der Waals surface area contributed by atoms with Crippen molar-refractivity contribution in [3.8, 4) is 0 Å². The van der Waals surface area contributed by atoms with Crippen molar-refractivity contribution < 1.29 is 63.0 Å². The minimum Gasteiger partial charge on any atom is -0.480 e. The van der Waals surface area contributed by atoms with Gasteiger partial charge in [0.15, 0.2) is 0 Å². The van der Waals surface area contributed by atoms with Gasteiger partial charge in [0.1, 0.15) is 31.5 Å². The van der Waals surface area contributed by atoms with Gasteiger partial charge in [-0.3, -0.25) is 24.5 Å². The molecule has 0 heterocycles. The van der Waals surface area contributed by atoms with Gasteiger partial charge in [-0.05, 0) is 38.6 Å². The molecule has 1 unspecified atom stereocenters. The van der Waals surface area contributed by atoms with Crippen LogP contribution >= 0.6 is 0 Å². The number of hydrogen-bond acceptors (Lipinski definition) is 12. The van der Waals surface area contributed by atoms with Gasteiger partial charge in [0.25, 0.3) is 0 Å². The highest BCUT2D eigenvalue weighted by molar-refractivity contribution is 5.85. The van der Waals surface area contributed by atoms with Gasteiger partial charge in [0.2, 0.25) is 23.6 Å². The number of unbranched alkanes of at least 4 members (excludes halogenated alkanes) is 16. The molecule has 0 rings (SSSR count). The summed E-state index contributed by atoms with van der Waals surface area (Å²) in [5, 5.41) is 41.9. The van der Waals surface area contributed by atoms with Gasteiger partial charge >= 0.3 is 11.9 Å². The Bertz CT molecular complexity index is 1180. The van der Waals surface area contributed by atoms with Crippen LogP contribution in [0.4, 0.5) is 0 Å². The molecule has 0 saturated heterocycles. The van der Waals surface area contributed by atoms with E-state index in [1.807, 2.05) is 6.92 Å². The molecule has 0 radical (unpaired) electrons. The van der Waals surface area contributed by atoms with E-state index in [4.69, 9.17) is 18.9 Å². The van der Waals surface area contributed by atoms with Gasteiger partial charge in [-0.2, -0.15) is 0 Å². The summed E-state index contributed by atoms with van der Waals surface area (Å²) in [6.45, 7) is 5.72. The average Bonchev–Trinajstić information content (AvgIpc) is 3.25. The molecule has 0 fully saturated rings. The fourth-order valence-corrected chi connectivity index (χ4v) is 6.43. The Hall–Kier alpha value is -3.42.